The summed E-state index contributed by atoms with van der Waals surface area (Å²) in [6.45, 7) is 3.50. The van der Waals surface area contributed by atoms with Crippen molar-refractivity contribution < 1.29 is 4.74 Å². The lowest BCUT2D eigenvalue weighted by atomic mass is 9.86. The van der Waals surface area contributed by atoms with Crippen LogP contribution in [0.3, 0.4) is 0 Å². The number of benzene rings is 1. The Bertz CT molecular complexity index is 1100. The Morgan fingerprint density at radius 2 is 1.94 bits per heavy atom. The van der Waals surface area contributed by atoms with Crippen LogP contribution in [0.4, 0.5) is 5.69 Å². The van der Waals surface area contributed by atoms with Crippen LogP contribution < -0.4 is 10.5 Å². The highest BCUT2D eigenvalue weighted by atomic mass is 32.1. The first-order valence-electron chi connectivity index (χ1n) is 11.2. The Labute approximate surface area is 187 Å². The highest BCUT2D eigenvalue weighted by Crippen LogP contribution is 2.28. The fraction of sp³-hybridized carbons (Fsp3) is 0.500. The third kappa shape index (κ3) is 4.27. The van der Waals surface area contributed by atoms with Gasteiger partial charge in [-0.1, -0.05) is 6.42 Å². The molecule has 0 radical (unpaired) electrons. The number of hydrogen-bond acceptors (Lipinski definition) is 6. The van der Waals surface area contributed by atoms with Crippen LogP contribution in [0.2, 0.25) is 0 Å². The number of thiophene rings is 1. The zero-order chi connectivity index (χ0) is 21.4. The lowest BCUT2D eigenvalue weighted by molar-refractivity contribution is 0.0611. The van der Waals surface area contributed by atoms with Gasteiger partial charge in [-0.3, -0.25) is 9.36 Å². The highest BCUT2D eigenvalue weighted by Gasteiger charge is 2.24. The minimum atomic E-state index is -0.0122. The second-order valence-corrected chi connectivity index (χ2v) is 10.2. The van der Waals surface area contributed by atoms with E-state index in [-0.39, 0.29) is 5.56 Å². The average Bonchev–Trinajstić information content (AvgIpc) is 3.38. The standard InChI is InChI=1S/C24H30N4O2S/c1-26(2)20-10-11-27(13-20)18-6-8-19(9-7-18)28-16-25-22-12-21(31-23(22)24(28)29)15-30-14-17-4-3-5-17/h6-9,12,16-17,20H,3-5,10-11,13-15H2,1-2H3. The average molecular weight is 439 g/mol. The number of ether oxygens (including phenoxy) is 1. The van der Waals surface area contributed by atoms with Gasteiger partial charge in [-0.05, 0) is 69.6 Å². The fourth-order valence-corrected chi connectivity index (χ4v) is 5.40. The monoisotopic (exact) mass is 438 g/mol. The van der Waals surface area contributed by atoms with Crippen molar-refractivity contribution in [3.05, 3.63) is 51.9 Å². The van der Waals surface area contributed by atoms with E-state index in [1.165, 1.54) is 42.7 Å². The molecule has 164 valence electrons. The van der Waals surface area contributed by atoms with Gasteiger partial charge in [0.15, 0.2) is 0 Å². The van der Waals surface area contributed by atoms with Gasteiger partial charge in [-0.15, -0.1) is 11.3 Å². The van der Waals surface area contributed by atoms with Crippen molar-refractivity contribution >= 4 is 27.2 Å². The van der Waals surface area contributed by atoms with Gasteiger partial charge in [0.05, 0.1) is 17.8 Å². The maximum atomic E-state index is 13.1. The Morgan fingerprint density at radius 3 is 2.61 bits per heavy atom. The van der Waals surface area contributed by atoms with E-state index in [4.69, 9.17) is 4.74 Å². The molecule has 0 amide bonds. The summed E-state index contributed by atoms with van der Waals surface area (Å²) in [7, 11) is 4.28. The van der Waals surface area contributed by atoms with E-state index in [2.05, 4.69) is 41.0 Å². The molecule has 2 aliphatic rings. The summed E-state index contributed by atoms with van der Waals surface area (Å²) < 4.78 is 8.20. The van der Waals surface area contributed by atoms with Crippen molar-refractivity contribution in [2.45, 2.75) is 38.3 Å². The summed E-state index contributed by atoms with van der Waals surface area (Å²) in [6, 6.07) is 10.8. The van der Waals surface area contributed by atoms with Crippen molar-refractivity contribution in [1.82, 2.24) is 14.5 Å². The van der Waals surface area contributed by atoms with E-state index in [0.29, 0.717) is 17.3 Å². The topological polar surface area (TPSA) is 50.6 Å². The number of likely N-dealkylation sites (N-methyl/N-ethyl adjacent to an activating group) is 1. The molecule has 2 aromatic heterocycles. The van der Waals surface area contributed by atoms with Gasteiger partial charge in [0.25, 0.3) is 5.56 Å². The molecule has 1 aromatic carbocycles. The van der Waals surface area contributed by atoms with Crippen LogP contribution in [0.5, 0.6) is 0 Å². The Hall–Kier alpha value is -2.22. The van der Waals surface area contributed by atoms with Crippen molar-refractivity contribution in [3.63, 3.8) is 0 Å². The number of hydrogen-bond donors (Lipinski definition) is 0. The van der Waals surface area contributed by atoms with Crippen LogP contribution in [-0.2, 0) is 11.3 Å². The van der Waals surface area contributed by atoms with E-state index >= 15 is 0 Å². The smallest absolute Gasteiger partial charge is 0.275 e. The van der Waals surface area contributed by atoms with Gasteiger partial charge in [0, 0.05) is 36.3 Å². The molecule has 31 heavy (non-hydrogen) atoms. The molecule has 6 nitrogen and oxygen atoms in total. The molecule has 1 aliphatic carbocycles. The quantitative estimate of drug-likeness (QED) is 0.560. The largest absolute Gasteiger partial charge is 0.376 e. The molecule has 0 spiro atoms. The van der Waals surface area contributed by atoms with E-state index in [0.717, 1.165) is 41.7 Å². The Morgan fingerprint density at radius 1 is 1.16 bits per heavy atom. The second-order valence-electron chi connectivity index (χ2n) is 9.03. The predicted molar refractivity (Wildman–Crippen MR) is 127 cm³/mol. The van der Waals surface area contributed by atoms with E-state index in [9.17, 15) is 4.79 Å². The molecule has 1 saturated carbocycles. The summed E-state index contributed by atoms with van der Waals surface area (Å²) in [6.07, 6.45) is 6.72. The molecular weight excluding hydrogens is 408 g/mol. The molecule has 1 atom stereocenters. The van der Waals surface area contributed by atoms with Gasteiger partial charge < -0.3 is 14.5 Å². The first-order valence-corrected chi connectivity index (χ1v) is 12.0. The highest BCUT2D eigenvalue weighted by molar-refractivity contribution is 7.18. The predicted octanol–water partition coefficient (Wildman–Crippen LogP) is 3.90. The van der Waals surface area contributed by atoms with E-state index < -0.39 is 0 Å². The lowest BCUT2D eigenvalue weighted by Gasteiger charge is -2.24. The summed E-state index contributed by atoms with van der Waals surface area (Å²) in [4.78, 5) is 23.4. The molecule has 3 heterocycles. The molecule has 1 aliphatic heterocycles. The minimum Gasteiger partial charge on any atom is -0.376 e. The number of nitrogens with zero attached hydrogens (tertiary/aromatic N) is 4. The lowest BCUT2D eigenvalue weighted by Crippen LogP contribution is -2.31. The Balaban J connectivity index is 1.31. The van der Waals surface area contributed by atoms with Gasteiger partial charge in [0.1, 0.15) is 11.0 Å². The van der Waals surface area contributed by atoms with Gasteiger partial charge in [-0.2, -0.15) is 0 Å². The Kier molecular flexibility index (Phi) is 5.82. The number of aromatic nitrogens is 2. The van der Waals surface area contributed by atoms with Gasteiger partial charge in [0.2, 0.25) is 0 Å². The van der Waals surface area contributed by atoms with E-state index in [1.54, 1.807) is 10.9 Å². The summed E-state index contributed by atoms with van der Waals surface area (Å²) in [5.41, 5.74) is 2.80. The third-order valence-electron chi connectivity index (χ3n) is 6.70. The van der Waals surface area contributed by atoms with Crippen molar-refractivity contribution in [2.75, 3.05) is 38.7 Å². The SMILES string of the molecule is CN(C)C1CCN(c2ccc(-n3cnc4cc(COCC5CCC5)sc4c3=O)cc2)C1. The van der Waals surface area contributed by atoms with Crippen LogP contribution in [0.25, 0.3) is 15.9 Å². The third-order valence-corrected chi connectivity index (χ3v) is 7.78. The maximum Gasteiger partial charge on any atom is 0.275 e. The fourth-order valence-electron chi connectivity index (χ4n) is 4.42. The molecule has 3 aromatic rings. The van der Waals surface area contributed by atoms with E-state index in [1.807, 2.05) is 18.2 Å². The van der Waals surface area contributed by atoms with Crippen LogP contribution in [0.1, 0.15) is 30.6 Å². The molecule has 1 unspecified atom stereocenters. The molecule has 0 N–H and O–H groups in total. The van der Waals surface area contributed by atoms with Crippen molar-refractivity contribution in [3.8, 4) is 5.69 Å². The first-order chi connectivity index (χ1) is 15.1. The van der Waals surface area contributed by atoms with Gasteiger partial charge >= 0.3 is 0 Å². The van der Waals surface area contributed by atoms with Crippen LogP contribution in [-0.4, -0.2) is 54.3 Å². The van der Waals surface area contributed by atoms with Crippen LogP contribution in [0, 0.1) is 5.92 Å². The molecule has 7 heteroatoms. The van der Waals surface area contributed by atoms with Crippen LogP contribution >= 0.6 is 11.3 Å². The number of fused-ring (bicyclic) bond motifs is 1. The normalized spacial score (nSPS) is 19.5. The van der Waals surface area contributed by atoms with Crippen molar-refractivity contribution in [1.29, 1.82) is 0 Å². The summed E-state index contributed by atoms with van der Waals surface area (Å²) in [5, 5.41) is 0. The van der Waals surface area contributed by atoms with Crippen molar-refractivity contribution in [2.24, 2.45) is 5.92 Å². The first kappa shape index (κ1) is 20.7. The molecule has 5 rings (SSSR count). The zero-order valence-corrected chi connectivity index (χ0v) is 19.1. The summed E-state index contributed by atoms with van der Waals surface area (Å²) >= 11 is 1.50. The maximum absolute atomic E-state index is 13.1. The molecule has 0 bridgehead atoms. The molecule has 1 saturated heterocycles. The zero-order valence-electron chi connectivity index (χ0n) is 18.3. The number of rotatable bonds is 7. The molecular formula is C24H30N4O2S. The summed E-state index contributed by atoms with van der Waals surface area (Å²) in [5.74, 6) is 0.724. The van der Waals surface area contributed by atoms with Crippen LogP contribution in [0.15, 0.2) is 41.5 Å². The second kappa shape index (κ2) is 8.73. The number of anilines is 1. The van der Waals surface area contributed by atoms with Gasteiger partial charge in [-0.25, -0.2) is 4.98 Å². The molecule has 2 fully saturated rings. The minimum absolute atomic E-state index is 0.0122.